The third kappa shape index (κ3) is 8.53. The Morgan fingerprint density at radius 2 is 2.04 bits per heavy atom. The molecule has 0 unspecified atom stereocenters. The molecule has 1 aromatic rings. The molecule has 152 valence electrons. The summed E-state index contributed by atoms with van der Waals surface area (Å²) in [5.74, 6) is 0.785. The summed E-state index contributed by atoms with van der Waals surface area (Å²) in [6.45, 7) is 3.02. The second-order valence-electron chi connectivity index (χ2n) is 6.14. The van der Waals surface area contributed by atoms with Crippen molar-refractivity contribution in [1.29, 1.82) is 0 Å². The van der Waals surface area contributed by atoms with E-state index >= 15 is 0 Å². The molecule has 0 spiro atoms. The molecule has 2 N–H and O–H groups in total. The zero-order chi connectivity index (χ0) is 19.3. The molecule has 1 heterocycles. The van der Waals surface area contributed by atoms with Gasteiger partial charge < -0.3 is 24.8 Å². The van der Waals surface area contributed by atoms with Gasteiger partial charge in [0.25, 0.3) is 0 Å². The number of benzene rings is 1. The van der Waals surface area contributed by atoms with Gasteiger partial charge in [-0.1, -0.05) is 18.2 Å². The summed E-state index contributed by atoms with van der Waals surface area (Å²) < 4.78 is 40.7. The predicted molar refractivity (Wildman–Crippen MR) is 100 cm³/mol. The molecule has 1 aromatic carbocycles. The lowest BCUT2D eigenvalue weighted by atomic mass is 10.1. The number of nitrogens with one attached hydrogen (secondary N) is 2. The number of ether oxygens (including phenoxy) is 3. The Morgan fingerprint density at radius 3 is 2.78 bits per heavy atom. The van der Waals surface area contributed by atoms with E-state index in [0.29, 0.717) is 37.3 Å². The van der Waals surface area contributed by atoms with Crippen LogP contribution in [-0.4, -0.2) is 51.6 Å². The summed E-state index contributed by atoms with van der Waals surface area (Å²) in [7, 11) is 0. The lowest BCUT2D eigenvalue weighted by molar-refractivity contribution is -0.0504. The SMILES string of the molecule is CCNC(=NCc1ccccc1OC(F)F)NCCCOC1CCOCC1. The number of hydrogen-bond acceptors (Lipinski definition) is 4. The topological polar surface area (TPSA) is 64.1 Å². The molecule has 1 aliphatic heterocycles. The Labute approximate surface area is 159 Å². The summed E-state index contributed by atoms with van der Waals surface area (Å²) in [6.07, 6.45) is 3.06. The monoisotopic (exact) mass is 385 g/mol. The molecule has 0 radical (unpaired) electrons. The number of hydrogen-bond donors (Lipinski definition) is 2. The fourth-order valence-corrected chi connectivity index (χ4v) is 2.72. The van der Waals surface area contributed by atoms with E-state index in [1.54, 1.807) is 18.2 Å². The highest BCUT2D eigenvalue weighted by Gasteiger charge is 2.13. The molecule has 0 aromatic heterocycles. The normalized spacial score (nSPS) is 15.8. The van der Waals surface area contributed by atoms with Crippen molar-refractivity contribution in [3.8, 4) is 5.75 Å². The molecule has 0 amide bonds. The maximum Gasteiger partial charge on any atom is 0.387 e. The second kappa shape index (κ2) is 12.5. The Kier molecular flexibility index (Phi) is 9.86. The minimum atomic E-state index is -2.85. The minimum absolute atomic E-state index is 0.150. The second-order valence-corrected chi connectivity index (χ2v) is 6.14. The van der Waals surface area contributed by atoms with Crippen LogP contribution in [0, 0.1) is 0 Å². The van der Waals surface area contributed by atoms with E-state index in [9.17, 15) is 8.78 Å². The van der Waals surface area contributed by atoms with Crippen LogP contribution in [0.2, 0.25) is 0 Å². The van der Waals surface area contributed by atoms with Crippen LogP contribution in [0.15, 0.2) is 29.3 Å². The first kappa shape index (κ1) is 21.4. The number of nitrogens with zero attached hydrogens (tertiary/aromatic N) is 1. The third-order valence-corrected chi connectivity index (χ3v) is 4.08. The zero-order valence-corrected chi connectivity index (χ0v) is 15.8. The van der Waals surface area contributed by atoms with E-state index < -0.39 is 6.61 Å². The predicted octanol–water partition coefficient (Wildman–Crippen LogP) is 2.93. The standard InChI is InChI=1S/C19H29F2N3O3/c1-2-22-19(23-10-5-11-26-16-8-12-25-13-9-16)24-14-15-6-3-4-7-17(15)27-18(20)21/h3-4,6-7,16,18H,2,5,8-14H2,1H3,(H2,22,23,24). The fourth-order valence-electron chi connectivity index (χ4n) is 2.72. The molecule has 1 aliphatic rings. The highest BCUT2D eigenvalue weighted by atomic mass is 19.3. The zero-order valence-electron chi connectivity index (χ0n) is 15.8. The number of rotatable bonds is 10. The van der Waals surface area contributed by atoms with E-state index in [2.05, 4.69) is 20.4 Å². The van der Waals surface area contributed by atoms with E-state index in [-0.39, 0.29) is 12.3 Å². The molecule has 8 heteroatoms. The van der Waals surface area contributed by atoms with Crippen LogP contribution in [0.5, 0.6) is 5.75 Å². The van der Waals surface area contributed by atoms with Crippen molar-refractivity contribution in [2.45, 2.75) is 45.4 Å². The van der Waals surface area contributed by atoms with Crippen molar-refractivity contribution < 1.29 is 23.0 Å². The molecular formula is C19H29F2N3O3. The number of halogens is 2. The molecule has 27 heavy (non-hydrogen) atoms. The molecule has 6 nitrogen and oxygen atoms in total. The van der Waals surface area contributed by atoms with Crippen LogP contribution in [0.25, 0.3) is 0 Å². The van der Waals surface area contributed by atoms with E-state index in [0.717, 1.165) is 32.5 Å². The maximum atomic E-state index is 12.5. The van der Waals surface area contributed by atoms with Crippen LogP contribution < -0.4 is 15.4 Å². The smallest absolute Gasteiger partial charge is 0.387 e. The van der Waals surface area contributed by atoms with Crippen LogP contribution in [-0.2, 0) is 16.0 Å². The third-order valence-electron chi connectivity index (χ3n) is 4.08. The van der Waals surface area contributed by atoms with Gasteiger partial charge >= 0.3 is 6.61 Å². The first-order valence-electron chi connectivity index (χ1n) is 9.43. The van der Waals surface area contributed by atoms with Crippen molar-refractivity contribution in [1.82, 2.24) is 10.6 Å². The average Bonchev–Trinajstić information content (AvgIpc) is 2.67. The van der Waals surface area contributed by atoms with Gasteiger partial charge in [0.1, 0.15) is 5.75 Å². The number of para-hydroxylation sites is 1. The Balaban J connectivity index is 1.76. The summed E-state index contributed by atoms with van der Waals surface area (Å²) in [5, 5.41) is 6.38. The fraction of sp³-hybridized carbons (Fsp3) is 0.632. The number of aliphatic imine (C=N–C) groups is 1. The van der Waals surface area contributed by atoms with Gasteiger partial charge in [-0.3, -0.25) is 0 Å². The number of alkyl halides is 2. The molecule has 0 atom stereocenters. The summed E-state index contributed by atoms with van der Waals surface area (Å²) in [4.78, 5) is 4.45. The summed E-state index contributed by atoms with van der Waals surface area (Å²) in [5.41, 5.74) is 0.609. The van der Waals surface area contributed by atoms with Crippen molar-refractivity contribution in [3.05, 3.63) is 29.8 Å². The van der Waals surface area contributed by atoms with Crippen LogP contribution in [0.1, 0.15) is 31.7 Å². The van der Waals surface area contributed by atoms with Crippen molar-refractivity contribution in [3.63, 3.8) is 0 Å². The van der Waals surface area contributed by atoms with Gasteiger partial charge in [-0.05, 0) is 32.3 Å². The first-order valence-corrected chi connectivity index (χ1v) is 9.43. The molecule has 0 aliphatic carbocycles. The Morgan fingerprint density at radius 1 is 1.26 bits per heavy atom. The van der Waals surface area contributed by atoms with Crippen LogP contribution in [0.3, 0.4) is 0 Å². The van der Waals surface area contributed by atoms with E-state index in [4.69, 9.17) is 9.47 Å². The first-order chi connectivity index (χ1) is 13.2. The van der Waals surface area contributed by atoms with Crippen molar-refractivity contribution in [2.75, 3.05) is 32.9 Å². The molecule has 0 bridgehead atoms. The van der Waals surface area contributed by atoms with Gasteiger partial charge in [-0.15, -0.1) is 0 Å². The van der Waals surface area contributed by atoms with Gasteiger partial charge in [0.2, 0.25) is 0 Å². The molecule has 2 rings (SSSR count). The average molecular weight is 385 g/mol. The number of guanidine groups is 1. The van der Waals surface area contributed by atoms with E-state index in [1.165, 1.54) is 6.07 Å². The maximum absolute atomic E-state index is 12.5. The summed E-state index contributed by atoms with van der Waals surface area (Å²) in [6, 6.07) is 6.68. The highest BCUT2D eigenvalue weighted by Crippen LogP contribution is 2.20. The molecule has 1 saturated heterocycles. The molecular weight excluding hydrogens is 356 g/mol. The highest BCUT2D eigenvalue weighted by molar-refractivity contribution is 5.79. The largest absolute Gasteiger partial charge is 0.434 e. The summed E-state index contributed by atoms with van der Waals surface area (Å²) >= 11 is 0. The van der Waals surface area contributed by atoms with Gasteiger partial charge in [-0.25, -0.2) is 4.99 Å². The van der Waals surface area contributed by atoms with Gasteiger partial charge in [-0.2, -0.15) is 8.78 Å². The van der Waals surface area contributed by atoms with Crippen molar-refractivity contribution in [2.24, 2.45) is 4.99 Å². The van der Waals surface area contributed by atoms with Gasteiger partial charge in [0.05, 0.1) is 12.6 Å². The quantitative estimate of drug-likeness (QED) is 0.368. The lowest BCUT2D eigenvalue weighted by Crippen LogP contribution is -2.38. The minimum Gasteiger partial charge on any atom is -0.434 e. The van der Waals surface area contributed by atoms with Crippen molar-refractivity contribution >= 4 is 5.96 Å². The van der Waals surface area contributed by atoms with Gasteiger partial charge in [0, 0.05) is 38.5 Å². The lowest BCUT2D eigenvalue weighted by Gasteiger charge is -2.22. The van der Waals surface area contributed by atoms with E-state index in [1.807, 2.05) is 6.92 Å². The molecule has 0 saturated carbocycles. The van der Waals surface area contributed by atoms with Crippen LogP contribution in [0.4, 0.5) is 8.78 Å². The van der Waals surface area contributed by atoms with Crippen LogP contribution >= 0.6 is 0 Å². The Bertz CT molecular complexity index is 567. The molecule has 1 fully saturated rings. The Hall–Kier alpha value is -1.93. The van der Waals surface area contributed by atoms with Gasteiger partial charge in [0.15, 0.2) is 5.96 Å².